The van der Waals surface area contributed by atoms with Crippen LogP contribution in [-0.4, -0.2) is 36.5 Å². The van der Waals surface area contributed by atoms with Crippen LogP contribution in [0, 0.1) is 0 Å². The van der Waals surface area contributed by atoms with Gasteiger partial charge in [0.05, 0.1) is 0 Å². The third-order valence-electron chi connectivity index (χ3n) is 3.29. The lowest BCUT2D eigenvalue weighted by Crippen LogP contribution is -2.45. The normalized spacial score (nSPS) is 16.6. The largest absolute Gasteiger partial charge is 0.448 e. The maximum atomic E-state index is 13.7. The summed E-state index contributed by atoms with van der Waals surface area (Å²) in [6, 6.07) is 1.94. The lowest BCUT2D eigenvalue weighted by Gasteiger charge is -2.30. The average Bonchev–Trinajstić information content (AvgIpc) is 2.24. The molecule has 120 valence electrons. The molecular weight excluding hydrogens is 311 g/mol. The fraction of sp³-hybridized carbons (Fsp3) is 0.833. The van der Waals surface area contributed by atoms with Gasteiger partial charge in [0.2, 0.25) is 0 Å². The molecule has 0 heterocycles. The minimum atomic E-state index is -5.20. The molecule has 0 aromatic rings. The Morgan fingerprint density at radius 2 is 1.75 bits per heavy atom. The molecule has 0 aromatic heterocycles. The lowest BCUT2D eigenvalue weighted by molar-refractivity contribution is -0.341. The summed E-state index contributed by atoms with van der Waals surface area (Å²) in [5.74, 6) is -3.86. The first-order valence-corrected chi connectivity index (χ1v) is 11.7. The zero-order valence-electron chi connectivity index (χ0n) is 12.2. The number of alkyl halides is 5. The fourth-order valence-electron chi connectivity index (χ4n) is 1.88. The van der Waals surface area contributed by atoms with E-state index in [0.717, 1.165) is 17.3 Å². The van der Waals surface area contributed by atoms with Gasteiger partial charge < -0.3 is 4.74 Å². The van der Waals surface area contributed by atoms with Gasteiger partial charge in [-0.05, 0) is 6.92 Å². The average molecular weight is 334 g/mol. The lowest BCUT2D eigenvalue weighted by atomic mass is 10.2. The summed E-state index contributed by atoms with van der Waals surface area (Å²) in [4.78, 5) is 0. The number of hydrogen-bond donors (Lipinski definition) is 0. The van der Waals surface area contributed by atoms with Crippen molar-refractivity contribution in [2.75, 3.05) is 6.86 Å². The van der Waals surface area contributed by atoms with Crippen LogP contribution in [0.4, 0.5) is 22.0 Å². The van der Waals surface area contributed by atoms with Gasteiger partial charge in [-0.25, -0.2) is 8.78 Å². The first kappa shape index (κ1) is 19.8. The minimum Gasteiger partial charge on any atom is -0.307 e. The molecular formula is C12H23F5OSi2. The minimum absolute atomic E-state index is 0.119. The summed E-state index contributed by atoms with van der Waals surface area (Å²) in [5, 5.41) is 1.16. The maximum Gasteiger partial charge on any atom is 0.448 e. The second kappa shape index (κ2) is 7.70. The number of halogens is 5. The molecule has 0 aromatic carbocycles. The summed E-state index contributed by atoms with van der Waals surface area (Å²) >= 11 is 0. The zero-order valence-corrected chi connectivity index (χ0v) is 14.7. The van der Waals surface area contributed by atoms with Gasteiger partial charge in [-0.3, -0.25) is 0 Å². The number of hydrogen-bond acceptors (Lipinski definition) is 1. The predicted octanol–water partition coefficient (Wildman–Crippen LogP) is 4.38. The van der Waals surface area contributed by atoms with E-state index in [9.17, 15) is 22.0 Å². The highest BCUT2D eigenvalue weighted by atomic mass is 28.3. The van der Waals surface area contributed by atoms with Gasteiger partial charge in [-0.15, -0.1) is 6.58 Å². The van der Waals surface area contributed by atoms with E-state index >= 15 is 0 Å². The number of ether oxygens (including phenoxy) is 1. The topological polar surface area (TPSA) is 9.23 Å². The van der Waals surface area contributed by atoms with Crippen molar-refractivity contribution in [3.05, 3.63) is 11.8 Å². The highest BCUT2D eigenvalue weighted by Gasteiger charge is 2.57. The van der Waals surface area contributed by atoms with E-state index in [-0.39, 0.29) is 15.6 Å². The Hall–Kier alpha value is -0.216. The highest BCUT2D eigenvalue weighted by Crippen LogP contribution is 2.40. The molecule has 0 saturated heterocycles. The van der Waals surface area contributed by atoms with Crippen LogP contribution in [0.25, 0.3) is 0 Å². The van der Waals surface area contributed by atoms with E-state index in [1.165, 1.54) is 0 Å². The van der Waals surface area contributed by atoms with Crippen molar-refractivity contribution in [1.82, 2.24) is 0 Å². The molecule has 0 rings (SSSR count). The molecule has 20 heavy (non-hydrogen) atoms. The highest BCUT2D eigenvalue weighted by molar-refractivity contribution is 6.78. The van der Waals surface area contributed by atoms with Crippen molar-refractivity contribution >= 4 is 17.6 Å². The summed E-state index contributed by atoms with van der Waals surface area (Å²) < 4.78 is 67.1. The van der Waals surface area contributed by atoms with Crippen LogP contribution in [-0.2, 0) is 4.74 Å². The van der Waals surface area contributed by atoms with E-state index in [0.29, 0.717) is 0 Å². The molecule has 0 aliphatic carbocycles. The quantitative estimate of drug-likeness (QED) is 0.449. The summed E-state index contributed by atoms with van der Waals surface area (Å²) in [6.45, 7) is 7.84. The van der Waals surface area contributed by atoms with Crippen LogP contribution in [0.5, 0.6) is 0 Å². The van der Waals surface area contributed by atoms with E-state index in [2.05, 4.69) is 11.3 Å². The molecule has 0 spiro atoms. The number of allylic oxidation sites excluding steroid dienone is 1. The molecule has 0 fully saturated rings. The van der Waals surface area contributed by atoms with Gasteiger partial charge in [0.25, 0.3) is 0 Å². The second-order valence-corrected chi connectivity index (χ2v) is 13.7. The van der Waals surface area contributed by atoms with Gasteiger partial charge in [-0.2, -0.15) is 13.2 Å². The van der Waals surface area contributed by atoms with Gasteiger partial charge >= 0.3 is 12.0 Å². The SMILES string of the molecule is C=C(C)[SiH2]CC[Si](C)(C)CCC(F)(OCF)C(F)(F)F. The van der Waals surface area contributed by atoms with E-state index < -0.39 is 33.4 Å². The summed E-state index contributed by atoms with van der Waals surface area (Å²) in [6.07, 6.45) is -6.02. The number of rotatable bonds is 9. The Morgan fingerprint density at radius 3 is 2.15 bits per heavy atom. The van der Waals surface area contributed by atoms with Gasteiger partial charge in [0, 0.05) is 24.0 Å². The molecule has 1 nitrogen and oxygen atoms in total. The van der Waals surface area contributed by atoms with Crippen molar-refractivity contribution in [3.8, 4) is 0 Å². The first-order valence-electron chi connectivity index (χ1n) is 6.53. The van der Waals surface area contributed by atoms with Crippen LogP contribution in [0.1, 0.15) is 13.3 Å². The smallest absolute Gasteiger partial charge is 0.307 e. The third-order valence-corrected chi connectivity index (χ3v) is 8.87. The molecule has 0 N–H and O–H groups in total. The Morgan fingerprint density at radius 1 is 1.20 bits per heavy atom. The zero-order chi connectivity index (χ0) is 16.0. The first-order chi connectivity index (χ1) is 8.93. The fourth-order valence-corrected chi connectivity index (χ4v) is 8.26. The van der Waals surface area contributed by atoms with Crippen molar-refractivity contribution in [2.45, 2.75) is 56.6 Å². The molecule has 1 unspecified atom stereocenters. The summed E-state index contributed by atoms with van der Waals surface area (Å²) in [5.41, 5.74) is 0. The molecule has 0 amide bonds. The molecule has 8 heteroatoms. The van der Waals surface area contributed by atoms with Gasteiger partial charge in [0.15, 0.2) is 6.86 Å². The van der Waals surface area contributed by atoms with Crippen LogP contribution in [0.15, 0.2) is 11.8 Å². The third kappa shape index (κ3) is 6.98. The molecule has 0 radical (unpaired) electrons. The molecule has 0 aliphatic heterocycles. The van der Waals surface area contributed by atoms with Crippen molar-refractivity contribution in [2.24, 2.45) is 0 Å². The van der Waals surface area contributed by atoms with E-state index in [1.807, 2.05) is 20.0 Å². The maximum absolute atomic E-state index is 13.7. The van der Waals surface area contributed by atoms with Gasteiger partial charge in [-0.1, -0.05) is 36.4 Å². The van der Waals surface area contributed by atoms with Crippen LogP contribution in [0.2, 0.25) is 31.2 Å². The molecule has 0 aliphatic rings. The Labute approximate surface area is 120 Å². The van der Waals surface area contributed by atoms with Crippen molar-refractivity contribution in [1.29, 1.82) is 0 Å². The van der Waals surface area contributed by atoms with Crippen LogP contribution >= 0.6 is 0 Å². The molecule has 1 atom stereocenters. The monoisotopic (exact) mass is 334 g/mol. The van der Waals surface area contributed by atoms with E-state index in [1.54, 1.807) is 0 Å². The van der Waals surface area contributed by atoms with E-state index in [4.69, 9.17) is 0 Å². The van der Waals surface area contributed by atoms with Gasteiger partial charge in [0.1, 0.15) is 0 Å². The Kier molecular flexibility index (Phi) is 7.61. The Bertz CT molecular complexity index is 319. The van der Waals surface area contributed by atoms with Crippen LogP contribution < -0.4 is 0 Å². The predicted molar refractivity (Wildman–Crippen MR) is 76.8 cm³/mol. The molecule has 0 bridgehead atoms. The van der Waals surface area contributed by atoms with Crippen molar-refractivity contribution in [3.63, 3.8) is 0 Å². The molecule has 0 saturated carbocycles. The Balaban J connectivity index is 4.49. The summed E-state index contributed by atoms with van der Waals surface area (Å²) in [7, 11) is -2.33. The van der Waals surface area contributed by atoms with Crippen LogP contribution in [0.3, 0.4) is 0 Å². The van der Waals surface area contributed by atoms with Crippen molar-refractivity contribution < 1.29 is 26.7 Å². The second-order valence-electron chi connectivity index (χ2n) is 5.95. The standard InChI is InChI=1S/C12H23F5OSi2/c1-10(2)19-6-8-20(3,4)7-5-11(14,18-9-13)12(15,16)17/h1,5-9,19H2,2-4H3.